The number of hydrogen-bond acceptors (Lipinski definition) is 6. The molecule has 1 aromatic rings. The van der Waals surface area contributed by atoms with Gasteiger partial charge in [0.15, 0.2) is 0 Å². The minimum atomic E-state index is -0.214. The summed E-state index contributed by atoms with van der Waals surface area (Å²) in [6.45, 7) is 3.46. The van der Waals surface area contributed by atoms with Crippen LogP contribution in [0.3, 0.4) is 0 Å². The zero-order valence-corrected chi connectivity index (χ0v) is 9.79. The Labute approximate surface area is 97.2 Å². The monoisotopic (exact) mass is 242 g/mol. The molecule has 3 N–H and O–H groups in total. The summed E-state index contributed by atoms with van der Waals surface area (Å²) in [5, 5.41) is 10.8. The lowest BCUT2D eigenvalue weighted by Gasteiger charge is -2.18. The highest BCUT2D eigenvalue weighted by Crippen LogP contribution is 2.17. The van der Waals surface area contributed by atoms with Crippen molar-refractivity contribution in [1.82, 2.24) is 15.5 Å². The fourth-order valence-corrected chi connectivity index (χ4v) is 2.17. The van der Waals surface area contributed by atoms with E-state index in [1.165, 1.54) is 0 Å². The smallest absolute Gasteiger partial charge is 0.282 e. The van der Waals surface area contributed by atoms with Crippen LogP contribution in [-0.4, -0.2) is 35.4 Å². The Kier molecular flexibility index (Phi) is 3.35. The second-order valence-electron chi connectivity index (χ2n) is 3.83. The molecule has 1 aromatic heterocycles. The maximum absolute atomic E-state index is 11.7. The highest BCUT2D eigenvalue weighted by molar-refractivity contribution is 7.16. The lowest BCUT2D eigenvalue weighted by Crippen LogP contribution is -2.38. The molecule has 7 heteroatoms. The van der Waals surface area contributed by atoms with E-state index in [1.807, 2.05) is 6.92 Å². The molecule has 2 atom stereocenters. The summed E-state index contributed by atoms with van der Waals surface area (Å²) in [6.07, 6.45) is 0.986. The van der Waals surface area contributed by atoms with Crippen LogP contribution >= 0.6 is 11.3 Å². The van der Waals surface area contributed by atoms with Gasteiger partial charge in [0.2, 0.25) is 10.1 Å². The van der Waals surface area contributed by atoms with Crippen molar-refractivity contribution < 1.29 is 9.53 Å². The largest absolute Gasteiger partial charge is 0.381 e. The maximum Gasteiger partial charge on any atom is 0.282 e. The molecular weight excluding hydrogens is 228 g/mol. The average molecular weight is 242 g/mol. The SMILES string of the molecule is CC(NC(=O)c1nnc(N)s1)C1CCOC1. The highest BCUT2D eigenvalue weighted by Gasteiger charge is 2.24. The molecule has 1 aliphatic rings. The average Bonchev–Trinajstić information content (AvgIpc) is 2.87. The van der Waals surface area contributed by atoms with Gasteiger partial charge >= 0.3 is 0 Å². The molecule has 2 rings (SSSR count). The van der Waals surface area contributed by atoms with Gasteiger partial charge in [-0.05, 0) is 13.3 Å². The fraction of sp³-hybridized carbons (Fsp3) is 0.667. The van der Waals surface area contributed by atoms with Crippen LogP contribution in [0.4, 0.5) is 5.13 Å². The normalized spacial score (nSPS) is 21.9. The van der Waals surface area contributed by atoms with Crippen LogP contribution in [-0.2, 0) is 4.74 Å². The molecule has 1 saturated heterocycles. The Morgan fingerprint density at radius 1 is 1.69 bits per heavy atom. The predicted molar refractivity (Wildman–Crippen MR) is 60.2 cm³/mol. The third kappa shape index (κ3) is 2.48. The van der Waals surface area contributed by atoms with Gasteiger partial charge in [0, 0.05) is 18.6 Å². The van der Waals surface area contributed by atoms with E-state index < -0.39 is 0 Å². The van der Waals surface area contributed by atoms with Gasteiger partial charge in [0.25, 0.3) is 5.91 Å². The number of nitrogen functional groups attached to an aromatic ring is 1. The van der Waals surface area contributed by atoms with E-state index in [0.717, 1.165) is 24.4 Å². The first kappa shape index (κ1) is 11.3. The lowest BCUT2D eigenvalue weighted by atomic mass is 10.0. The van der Waals surface area contributed by atoms with Crippen LogP contribution in [0.1, 0.15) is 23.1 Å². The van der Waals surface area contributed by atoms with Gasteiger partial charge in [-0.25, -0.2) is 0 Å². The third-order valence-electron chi connectivity index (χ3n) is 2.67. The Hall–Kier alpha value is -1.21. The second-order valence-corrected chi connectivity index (χ2v) is 4.84. The van der Waals surface area contributed by atoms with Crippen molar-refractivity contribution in [3.8, 4) is 0 Å². The summed E-state index contributed by atoms with van der Waals surface area (Å²) in [7, 11) is 0. The number of nitrogens with zero attached hydrogens (tertiary/aromatic N) is 2. The molecule has 16 heavy (non-hydrogen) atoms. The summed E-state index contributed by atoms with van der Waals surface area (Å²) in [6, 6.07) is 0.0834. The molecule has 0 bridgehead atoms. The van der Waals surface area contributed by atoms with Crippen LogP contribution in [0.15, 0.2) is 0 Å². The number of nitrogens with two attached hydrogens (primary N) is 1. The zero-order valence-electron chi connectivity index (χ0n) is 8.97. The van der Waals surface area contributed by atoms with E-state index in [1.54, 1.807) is 0 Å². The quantitative estimate of drug-likeness (QED) is 0.794. The molecule has 0 radical (unpaired) electrons. The van der Waals surface area contributed by atoms with E-state index in [-0.39, 0.29) is 11.9 Å². The van der Waals surface area contributed by atoms with E-state index in [2.05, 4.69) is 15.5 Å². The van der Waals surface area contributed by atoms with Gasteiger partial charge in [0.05, 0.1) is 6.61 Å². The Morgan fingerprint density at radius 3 is 3.06 bits per heavy atom. The van der Waals surface area contributed by atoms with E-state index in [0.29, 0.717) is 22.7 Å². The molecule has 88 valence electrons. The second kappa shape index (κ2) is 4.75. The van der Waals surface area contributed by atoms with Crippen molar-refractivity contribution in [2.24, 2.45) is 5.92 Å². The number of rotatable bonds is 3. The van der Waals surface area contributed by atoms with Gasteiger partial charge < -0.3 is 15.8 Å². The van der Waals surface area contributed by atoms with Crippen molar-refractivity contribution >= 4 is 22.4 Å². The molecular formula is C9H14N4O2S. The van der Waals surface area contributed by atoms with Crippen molar-refractivity contribution in [2.75, 3.05) is 18.9 Å². The van der Waals surface area contributed by atoms with E-state index in [4.69, 9.17) is 10.5 Å². The number of carbonyl (C=O) groups excluding carboxylic acids is 1. The van der Waals surface area contributed by atoms with Crippen LogP contribution in [0.25, 0.3) is 0 Å². The topological polar surface area (TPSA) is 90.1 Å². The van der Waals surface area contributed by atoms with E-state index >= 15 is 0 Å². The molecule has 0 aromatic carbocycles. The van der Waals surface area contributed by atoms with Gasteiger partial charge in [0.1, 0.15) is 0 Å². The number of ether oxygens (including phenoxy) is 1. The minimum absolute atomic E-state index is 0.0834. The van der Waals surface area contributed by atoms with Crippen LogP contribution in [0, 0.1) is 5.92 Å². The van der Waals surface area contributed by atoms with Crippen molar-refractivity contribution in [3.05, 3.63) is 5.01 Å². The first-order valence-electron chi connectivity index (χ1n) is 5.14. The van der Waals surface area contributed by atoms with Gasteiger partial charge in [-0.2, -0.15) is 0 Å². The maximum atomic E-state index is 11.7. The van der Waals surface area contributed by atoms with Crippen molar-refractivity contribution in [3.63, 3.8) is 0 Å². The number of hydrogen-bond donors (Lipinski definition) is 2. The Balaban J connectivity index is 1.91. The summed E-state index contributed by atoms with van der Waals surface area (Å²) < 4.78 is 5.27. The third-order valence-corrected chi connectivity index (χ3v) is 3.42. The van der Waals surface area contributed by atoms with Crippen LogP contribution in [0.5, 0.6) is 0 Å². The molecule has 2 heterocycles. The molecule has 6 nitrogen and oxygen atoms in total. The first-order chi connectivity index (χ1) is 7.66. The fourth-order valence-electron chi connectivity index (χ4n) is 1.66. The Bertz CT molecular complexity index is 375. The number of anilines is 1. The molecule has 1 fully saturated rings. The standard InChI is InChI=1S/C9H14N4O2S/c1-5(6-2-3-15-4-6)11-7(14)8-12-13-9(10)16-8/h5-6H,2-4H2,1H3,(H2,10,13)(H,11,14). The number of amides is 1. The van der Waals surface area contributed by atoms with Gasteiger partial charge in [-0.3, -0.25) is 4.79 Å². The lowest BCUT2D eigenvalue weighted by molar-refractivity contribution is 0.0921. The van der Waals surface area contributed by atoms with Crippen molar-refractivity contribution in [1.29, 1.82) is 0 Å². The van der Waals surface area contributed by atoms with Crippen LogP contribution in [0.2, 0.25) is 0 Å². The van der Waals surface area contributed by atoms with Crippen LogP contribution < -0.4 is 11.1 Å². The Morgan fingerprint density at radius 2 is 2.50 bits per heavy atom. The van der Waals surface area contributed by atoms with Gasteiger partial charge in [-0.15, -0.1) is 10.2 Å². The molecule has 0 saturated carbocycles. The molecule has 2 unspecified atom stereocenters. The molecule has 1 amide bonds. The summed E-state index contributed by atoms with van der Waals surface area (Å²) >= 11 is 1.09. The molecule has 0 spiro atoms. The summed E-state index contributed by atoms with van der Waals surface area (Å²) in [4.78, 5) is 11.7. The predicted octanol–water partition coefficient (Wildman–Crippen LogP) is 0.275. The number of aromatic nitrogens is 2. The molecule has 1 aliphatic heterocycles. The van der Waals surface area contributed by atoms with Gasteiger partial charge in [-0.1, -0.05) is 11.3 Å². The number of carbonyl (C=O) groups is 1. The minimum Gasteiger partial charge on any atom is -0.381 e. The summed E-state index contributed by atoms with van der Waals surface area (Å²) in [5.74, 6) is 0.169. The number of nitrogens with one attached hydrogen (secondary N) is 1. The molecule has 0 aliphatic carbocycles. The van der Waals surface area contributed by atoms with E-state index in [9.17, 15) is 4.79 Å². The van der Waals surface area contributed by atoms with Crippen molar-refractivity contribution in [2.45, 2.75) is 19.4 Å². The zero-order chi connectivity index (χ0) is 11.5. The first-order valence-corrected chi connectivity index (χ1v) is 5.96. The summed E-state index contributed by atoms with van der Waals surface area (Å²) in [5.41, 5.74) is 5.41. The highest BCUT2D eigenvalue weighted by atomic mass is 32.1.